The zero-order valence-corrected chi connectivity index (χ0v) is 11.6. The molecule has 0 unspecified atom stereocenters. The number of rotatable bonds is 9. The highest BCUT2D eigenvalue weighted by molar-refractivity contribution is 6.01. The molecule has 0 aliphatic heterocycles. The van der Waals surface area contributed by atoms with Crippen LogP contribution >= 0.6 is 0 Å². The number of benzene rings is 1. The first-order chi connectivity index (χ1) is 11.3. The first-order valence-corrected chi connectivity index (χ1v) is 6.81. The molecule has 20 heavy (non-hydrogen) atoms. The van der Waals surface area contributed by atoms with Gasteiger partial charge in [0.1, 0.15) is 0 Å². The molecule has 4 nitrogen and oxygen atoms in total. The maximum absolute atomic E-state index is 12.1. The van der Waals surface area contributed by atoms with Gasteiger partial charge in [-0.25, -0.2) is 4.79 Å². The third-order valence-electron chi connectivity index (χ3n) is 2.83. The van der Waals surface area contributed by atoms with Gasteiger partial charge >= 0.3 is 5.97 Å². The van der Waals surface area contributed by atoms with Gasteiger partial charge in [-0.05, 0) is 12.5 Å². The minimum absolute atomic E-state index is 0.0696. The Morgan fingerprint density at radius 1 is 1.10 bits per heavy atom. The van der Waals surface area contributed by atoms with Crippen LogP contribution in [0.15, 0.2) is 24.2 Å². The van der Waals surface area contributed by atoms with E-state index >= 15 is 0 Å². The van der Waals surface area contributed by atoms with Crippen molar-refractivity contribution in [3.63, 3.8) is 0 Å². The number of unbranched alkanes of at least 4 members (excludes halogenated alkanes) is 5. The Morgan fingerprint density at radius 3 is 2.35 bits per heavy atom. The molecule has 0 N–H and O–H groups in total. The maximum Gasteiger partial charge on any atom is 0.338 e. The summed E-state index contributed by atoms with van der Waals surface area (Å²) in [5.41, 5.74) is -1.55. The van der Waals surface area contributed by atoms with Crippen molar-refractivity contribution in [2.45, 2.75) is 45.4 Å². The van der Waals surface area contributed by atoms with Crippen LogP contribution in [0.25, 0.3) is 0 Å². The lowest BCUT2D eigenvalue weighted by molar-refractivity contribution is -0.255. The highest BCUT2D eigenvalue weighted by atomic mass is 16.5. The number of hydrogen-bond donors (Lipinski definition) is 0. The fourth-order valence-corrected chi connectivity index (χ4v) is 1.74. The van der Waals surface area contributed by atoms with Crippen molar-refractivity contribution < 1.29 is 24.9 Å². The van der Waals surface area contributed by atoms with Crippen molar-refractivity contribution in [3.05, 3.63) is 35.3 Å². The Hall–Kier alpha value is -1.84. The Kier molecular flexibility index (Phi) is 4.97. The van der Waals surface area contributed by atoms with E-state index in [1.54, 1.807) is 0 Å². The lowest BCUT2D eigenvalue weighted by atomic mass is 10.1. The lowest BCUT2D eigenvalue weighted by Crippen LogP contribution is -2.25. The largest absolute Gasteiger partial charge is 0.545 e. The molecular formula is C16H21O4-. The minimum atomic E-state index is -1.84. The molecule has 0 aromatic heterocycles. The van der Waals surface area contributed by atoms with Crippen molar-refractivity contribution >= 4 is 11.9 Å². The summed E-state index contributed by atoms with van der Waals surface area (Å²) < 4.78 is 35.3. The van der Waals surface area contributed by atoms with E-state index in [1.807, 2.05) is 0 Å². The Balaban J connectivity index is 2.82. The zero-order valence-electron chi connectivity index (χ0n) is 15.6. The van der Waals surface area contributed by atoms with E-state index in [2.05, 4.69) is 6.92 Å². The number of ether oxygens (including phenoxy) is 1. The molecule has 0 spiro atoms. The van der Waals surface area contributed by atoms with Crippen molar-refractivity contribution in [1.82, 2.24) is 0 Å². The fourth-order valence-electron chi connectivity index (χ4n) is 1.74. The standard InChI is InChI=1S/C16H22O4/c1-2-3-4-5-6-9-12-20-16(19)14-11-8-7-10-13(14)15(17)18/h7-8,10-11H,2-6,9,12H2,1H3,(H,17,18)/p-1/i7D,8D,10D,11D. The summed E-state index contributed by atoms with van der Waals surface area (Å²) in [4.78, 5) is 23.3. The Bertz CT molecular complexity index is 617. The van der Waals surface area contributed by atoms with E-state index in [0.717, 1.165) is 32.1 Å². The first-order valence-electron chi connectivity index (χ1n) is 8.81. The molecule has 0 saturated heterocycles. The molecule has 0 atom stereocenters. The summed E-state index contributed by atoms with van der Waals surface area (Å²) in [7, 11) is 0. The summed E-state index contributed by atoms with van der Waals surface area (Å²) in [6.45, 7) is 2.18. The molecule has 0 radical (unpaired) electrons. The van der Waals surface area contributed by atoms with Crippen LogP contribution in [0.1, 0.15) is 71.6 Å². The van der Waals surface area contributed by atoms with E-state index in [4.69, 9.17) is 10.2 Å². The van der Waals surface area contributed by atoms with E-state index in [9.17, 15) is 14.7 Å². The monoisotopic (exact) mass is 281 g/mol. The van der Waals surface area contributed by atoms with E-state index in [1.165, 1.54) is 0 Å². The van der Waals surface area contributed by atoms with Crippen molar-refractivity contribution in [2.75, 3.05) is 6.61 Å². The summed E-state index contributed by atoms with van der Waals surface area (Å²) in [5.74, 6) is -2.91. The van der Waals surface area contributed by atoms with Crippen molar-refractivity contribution in [2.24, 2.45) is 0 Å². The molecule has 1 aromatic rings. The molecule has 4 heteroatoms. The van der Waals surface area contributed by atoms with Crippen LogP contribution in [0, 0.1) is 0 Å². The molecule has 0 heterocycles. The summed E-state index contributed by atoms with van der Waals surface area (Å²) in [5, 5.41) is 11.2. The summed E-state index contributed by atoms with van der Waals surface area (Å²) >= 11 is 0. The van der Waals surface area contributed by atoms with Crippen LogP contribution in [-0.2, 0) is 4.74 Å². The number of carboxylic acids is 1. The van der Waals surface area contributed by atoms with Crippen LogP contribution in [0.4, 0.5) is 0 Å². The highest BCUT2D eigenvalue weighted by Gasteiger charge is 2.12. The topological polar surface area (TPSA) is 66.4 Å². The quantitative estimate of drug-likeness (QED) is 0.515. The van der Waals surface area contributed by atoms with Crippen molar-refractivity contribution in [1.29, 1.82) is 0 Å². The smallest absolute Gasteiger partial charge is 0.338 e. The molecule has 1 aromatic carbocycles. The van der Waals surface area contributed by atoms with Gasteiger partial charge in [0.25, 0.3) is 0 Å². The molecule has 110 valence electrons. The van der Waals surface area contributed by atoms with Crippen LogP contribution in [0.3, 0.4) is 0 Å². The molecule has 0 bridgehead atoms. The van der Waals surface area contributed by atoms with Gasteiger partial charge < -0.3 is 14.6 Å². The zero-order chi connectivity index (χ0) is 18.3. The summed E-state index contributed by atoms with van der Waals surface area (Å²) in [6, 6.07) is -2.96. The lowest BCUT2D eigenvalue weighted by Gasteiger charge is -2.10. The maximum atomic E-state index is 12.1. The van der Waals surface area contributed by atoms with Crippen LogP contribution in [0.5, 0.6) is 0 Å². The molecule has 0 saturated carbocycles. The average molecular weight is 281 g/mol. The number of carbonyl (C=O) groups is 2. The van der Waals surface area contributed by atoms with E-state index in [-0.39, 0.29) is 6.61 Å². The van der Waals surface area contributed by atoms with Gasteiger partial charge in [0.05, 0.1) is 23.6 Å². The second kappa shape index (κ2) is 9.13. The minimum Gasteiger partial charge on any atom is -0.545 e. The molecule has 0 aliphatic carbocycles. The molecular weight excluding hydrogens is 256 g/mol. The molecule has 1 rings (SSSR count). The Labute approximate surface area is 125 Å². The fraction of sp³-hybridized carbons (Fsp3) is 0.500. The molecule has 0 aliphatic rings. The Morgan fingerprint density at radius 2 is 1.70 bits per heavy atom. The second-order valence-electron chi connectivity index (χ2n) is 4.44. The average Bonchev–Trinajstić information content (AvgIpc) is 2.54. The van der Waals surface area contributed by atoms with Gasteiger partial charge in [-0.3, -0.25) is 0 Å². The van der Waals surface area contributed by atoms with Crippen LogP contribution in [0.2, 0.25) is 0 Å². The predicted molar refractivity (Wildman–Crippen MR) is 74.4 cm³/mol. The second-order valence-corrected chi connectivity index (χ2v) is 4.44. The van der Waals surface area contributed by atoms with Gasteiger partial charge in [0.2, 0.25) is 0 Å². The van der Waals surface area contributed by atoms with Gasteiger partial charge in [-0.2, -0.15) is 0 Å². The normalized spacial score (nSPS) is 13.1. The van der Waals surface area contributed by atoms with Gasteiger partial charge in [0.15, 0.2) is 0 Å². The molecule has 0 fully saturated rings. The SMILES string of the molecule is [2H]c1c([2H])c([2H])c(C(=O)OCCCCCCCC)c(C(=O)[O-])c1[2H]. The van der Waals surface area contributed by atoms with Crippen LogP contribution in [-0.4, -0.2) is 18.5 Å². The number of esters is 1. The molecule has 0 amide bonds. The summed E-state index contributed by atoms with van der Waals surface area (Å²) in [6.07, 6.45) is 5.88. The first kappa shape index (κ1) is 10.9. The number of hydrogen-bond acceptors (Lipinski definition) is 4. The van der Waals surface area contributed by atoms with Crippen LogP contribution < -0.4 is 5.11 Å². The number of carbonyl (C=O) groups excluding carboxylic acids is 2. The highest BCUT2D eigenvalue weighted by Crippen LogP contribution is 2.10. The predicted octanol–water partition coefficient (Wildman–Crippen LogP) is 2.57. The van der Waals surface area contributed by atoms with Crippen molar-refractivity contribution in [3.8, 4) is 0 Å². The van der Waals surface area contributed by atoms with Gasteiger partial charge in [0, 0.05) is 5.56 Å². The van der Waals surface area contributed by atoms with E-state index in [0.29, 0.717) is 6.42 Å². The van der Waals surface area contributed by atoms with Gasteiger partial charge in [-0.15, -0.1) is 0 Å². The number of carboxylic acid groups (broad SMARTS) is 1. The van der Waals surface area contributed by atoms with Gasteiger partial charge in [-0.1, -0.05) is 57.2 Å². The number of aromatic carboxylic acids is 1. The van der Waals surface area contributed by atoms with E-state index < -0.39 is 47.2 Å². The third kappa shape index (κ3) is 5.43. The third-order valence-corrected chi connectivity index (χ3v) is 2.83.